The Morgan fingerprint density at radius 2 is 2.15 bits per heavy atom. The molecule has 1 atom stereocenters. The van der Waals surface area contributed by atoms with Crippen LogP contribution in [0.25, 0.3) is 0 Å². The van der Waals surface area contributed by atoms with Crippen LogP contribution in [0.4, 0.5) is 0 Å². The van der Waals surface area contributed by atoms with Gasteiger partial charge >= 0.3 is 0 Å². The van der Waals surface area contributed by atoms with Gasteiger partial charge in [0.15, 0.2) is 0 Å². The zero-order valence-corrected chi connectivity index (χ0v) is 9.56. The summed E-state index contributed by atoms with van der Waals surface area (Å²) < 4.78 is 1.20. The van der Waals surface area contributed by atoms with Gasteiger partial charge in [-0.1, -0.05) is 41.9 Å². The molecule has 70 valence electrons. The van der Waals surface area contributed by atoms with Crippen LogP contribution in [0.5, 0.6) is 0 Å². The van der Waals surface area contributed by atoms with E-state index in [0.717, 1.165) is 6.42 Å². The van der Waals surface area contributed by atoms with Crippen molar-refractivity contribution in [2.75, 3.05) is 0 Å². The molecule has 2 N–H and O–H groups in total. The molecule has 0 saturated carbocycles. The third kappa shape index (κ3) is 1.32. The second-order valence-corrected chi connectivity index (χ2v) is 5.30. The largest absolute Gasteiger partial charge is 0.323 e. The van der Waals surface area contributed by atoms with E-state index in [1.165, 1.54) is 15.6 Å². The molecule has 1 aliphatic rings. The van der Waals surface area contributed by atoms with Crippen LogP contribution < -0.4 is 5.73 Å². The average Bonchev–Trinajstić information content (AvgIpc) is 2.28. The van der Waals surface area contributed by atoms with Crippen LogP contribution in [0.15, 0.2) is 22.7 Å². The van der Waals surface area contributed by atoms with E-state index in [2.05, 4.69) is 48.0 Å². The molecule has 0 heterocycles. The monoisotopic (exact) mass is 239 g/mol. The number of hydrogen-bond acceptors (Lipinski definition) is 1. The Kier molecular flexibility index (Phi) is 2.00. The normalized spacial score (nSPS) is 24.5. The molecular weight excluding hydrogens is 226 g/mol. The summed E-state index contributed by atoms with van der Waals surface area (Å²) in [6.07, 6.45) is 1.07. The molecule has 1 aliphatic carbocycles. The molecule has 0 amide bonds. The Morgan fingerprint density at radius 3 is 2.77 bits per heavy atom. The average molecular weight is 240 g/mol. The smallest absolute Gasteiger partial charge is 0.0353 e. The van der Waals surface area contributed by atoms with E-state index in [4.69, 9.17) is 5.73 Å². The van der Waals surface area contributed by atoms with Gasteiger partial charge in [-0.05, 0) is 29.0 Å². The van der Waals surface area contributed by atoms with Crippen molar-refractivity contribution in [2.45, 2.75) is 26.3 Å². The highest BCUT2D eigenvalue weighted by Gasteiger charge is 2.37. The summed E-state index contributed by atoms with van der Waals surface area (Å²) in [5.41, 5.74) is 9.07. The first-order valence-corrected chi connectivity index (χ1v) is 5.34. The number of nitrogens with two attached hydrogens (primary N) is 1. The molecule has 13 heavy (non-hydrogen) atoms. The minimum atomic E-state index is 0.181. The number of rotatable bonds is 0. The number of fused-ring (bicyclic) bond motifs is 1. The maximum atomic E-state index is 6.17. The summed E-state index contributed by atoms with van der Waals surface area (Å²) in [5.74, 6) is 0. The molecule has 0 bridgehead atoms. The van der Waals surface area contributed by atoms with E-state index in [-0.39, 0.29) is 11.5 Å². The maximum absolute atomic E-state index is 6.17. The van der Waals surface area contributed by atoms with E-state index >= 15 is 0 Å². The topological polar surface area (TPSA) is 26.0 Å². The van der Waals surface area contributed by atoms with Crippen molar-refractivity contribution >= 4 is 15.9 Å². The first-order valence-electron chi connectivity index (χ1n) is 4.55. The second kappa shape index (κ2) is 2.82. The number of hydrogen-bond donors (Lipinski definition) is 1. The van der Waals surface area contributed by atoms with Crippen LogP contribution in [-0.2, 0) is 6.42 Å². The molecule has 0 spiro atoms. The van der Waals surface area contributed by atoms with Crippen LogP contribution in [0.1, 0.15) is 31.0 Å². The van der Waals surface area contributed by atoms with Gasteiger partial charge < -0.3 is 5.73 Å². The fraction of sp³-hybridized carbons (Fsp3) is 0.455. The van der Waals surface area contributed by atoms with Gasteiger partial charge in [-0.2, -0.15) is 0 Å². The predicted octanol–water partition coefficient (Wildman–Crippen LogP) is 3.03. The minimum Gasteiger partial charge on any atom is -0.323 e. The third-order valence-electron chi connectivity index (χ3n) is 2.96. The fourth-order valence-corrected chi connectivity index (χ4v) is 2.56. The van der Waals surface area contributed by atoms with E-state index in [1.54, 1.807) is 0 Å². The molecule has 1 aromatic rings. The van der Waals surface area contributed by atoms with Crippen LogP contribution in [0.2, 0.25) is 0 Å². The Balaban J connectivity index is 2.56. The predicted molar refractivity (Wildman–Crippen MR) is 58.6 cm³/mol. The van der Waals surface area contributed by atoms with E-state index < -0.39 is 0 Å². The minimum absolute atomic E-state index is 0.181. The summed E-state index contributed by atoms with van der Waals surface area (Å²) in [6.45, 7) is 4.45. The van der Waals surface area contributed by atoms with Crippen molar-refractivity contribution in [1.29, 1.82) is 0 Å². The van der Waals surface area contributed by atoms with Crippen molar-refractivity contribution in [1.82, 2.24) is 0 Å². The number of halogens is 1. The zero-order valence-electron chi connectivity index (χ0n) is 7.97. The molecule has 2 rings (SSSR count). The van der Waals surface area contributed by atoms with Crippen molar-refractivity contribution in [3.63, 3.8) is 0 Å². The molecule has 0 radical (unpaired) electrons. The van der Waals surface area contributed by atoms with E-state index in [1.807, 2.05) is 0 Å². The number of benzene rings is 1. The lowest BCUT2D eigenvalue weighted by molar-refractivity contribution is 0.319. The van der Waals surface area contributed by atoms with Gasteiger partial charge in [-0.25, -0.2) is 0 Å². The molecule has 0 fully saturated rings. The molecular formula is C11H14BrN. The Morgan fingerprint density at radius 1 is 1.46 bits per heavy atom. The zero-order chi connectivity index (χ0) is 9.64. The quantitative estimate of drug-likeness (QED) is 0.741. The van der Waals surface area contributed by atoms with Crippen LogP contribution in [0, 0.1) is 5.41 Å². The van der Waals surface area contributed by atoms with Crippen molar-refractivity contribution < 1.29 is 0 Å². The van der Waals surface area contributed by atoms with Gasteiger partial charge in [-0.15, -0.1) is 0 Å². The molecule has 0 aliphatic heterocycles. The lowest BCUT2D eigenvalue weighted by atomic mass is 9.86. The highest BCUT2D eigenvalue weighted by molar-refractivity contribution is 9.10. The Labute approximate surface area is 87.5 Å². The van der Waals surface area contributed by atoms with Gasteiger partial charge in [0.1, 0.15) is 0 Å². The summed E-state index contributed by atoms with van der Waals surface area (Å²) in [6, 6.07) is 6.47. The van der Waals surface area contributed by atoms with Crippen LogP contribution >= 0.6 is 15.9 Å². The van der Waals surface area contributed by atoms with Gasteiger partial charge in [0, 0.05) is 10.5 Å². The third-order valence-corrected chi connectivity index (χ3v) is 3.71. The second-order valence-electron chi connectivity index (χ2n) is 4.45. The molecule has 2 heteroatoms. The van der Waals surface area contributed by atoms with Gasteiger partial charge in [0.25, 0.3) is 0 Å². The van der Waals surface area contributed by atoms with Gasteiger partial charge in [-0.3, -0.25) is 0 Å². The molecule has 0 aromatic heterocycles. The first-order chi connectivity index (χ1) is 6.02. The van der Waals surface area contributed by atoms with Crippen molar-refractivity contribution in [2.24, 2.45) is 11.1 Å². The molecule has 0 unspecified atom stereocenters. The molecule has 0 saturated heterocycles. The lowest BCUT2D eigenvalue weighted by Gasteiger charge is -2.23. The summed E-state index contributed by atoms with van der Waals surface area (Å²) in [4.78, 5) is 0. The van der Waals surface area contributed by atoms with Crippen LogP contribution in [-0.4, -0.2) is 0 Å². The Hall–Kier alpha value is -0.340. The van der Waals surface area contributed by atoms with Crippen LogP contribution in [0.3, 0.4) is 0 Å². The summed E-state index contributed by atoms with van der Waals surface area (Å²) in [7, 11) is 0. The van der Waals surface area contributed by atoms with Crippen molar-refractivity contribution in [3.8, 4) is 0 Å². The maximum Gasteiger partial charge on any atom is 0.0353 e. The highest BCUT2D eigenvalue weighted by Crippen LogP contribution is 2.45. The highest BCUT2D eigenvalue weighted by atomic mass is 79.9. The van der Waals surface area contributed by atoms with Gasteiger partial charge in [0.05, 0.1) is 0 Å². The van der Waals surface area contributed by atoms with Crippen molar-refractivity contribution in [3.05, 3.63) is 33.8 Å². The fourth-order valence-electron chi connectivity index (χ4n) is 2.04. The summed E-state index contributed by atoms with van der Waals surface area (Å²) in [5, 5.41) is 0. The Bertz CT molecular complexity index is 344. The summed E-state index contributed by atoms with van der Waals surface area (Å²) >= 11 is 3.57. The molecule has 1 nitrogen and oxygen atoms in total. The SMILES string of the molecule is CC1(C)Cc2c(Br)cccc2[C@H]1N. The first kappa shape index (κ1) is 9.22. The molecule has 1 aromatic carbocycles. The van der Waals surface area contributed by atoms with E-state index in [9.17, 15) is 0 Å². The standard InChI is InChI=1S/C11H14BrN/c1-11(2)6-8-7(10(11)13)4-3-5-9(8)12/h3-5,10H,6,13H2,1-2H3/t10-/m1/s1. The lowest BCUT2D eigenvalue weighted by Crippen LogP contribution is -2.24. The van der Waals surface area contributed by atoms with Gasteiger partial charge in [0.2, 0.25) is 0 Å². The van der Waals surface area contributed by atoms with E-state index in [0.29, 0.717) is 0 Å².